The first-order chi connectivity index (χ1) is 14.2. The first kappa shape index (κ1) is 19.2. The number of nitrogens with zero attached hydrogens (tertiary/aromatic N) is 3. The highest BCUT2D eigenvalue weighted by Crippen LogP contribution is 2.24. The molecule has 4 rings (SSSR count). The molecule has 2 heterocycles. The molecule has 0 bridgehead atoms. The van der Waals surface area contributed by atoms with Gasteiger partial charge in [-0.1, -0.05) is 35.5 Å². The fourth-order valence-electron chi connectivity index (χ4n) is 3.73. The van der Waals surface area contributed by atoms with Gasteiger partial charge >= 0.3 is 0 Å². The van der Waals surface area contributed by atoms with Crippen LogP contribution in [0.4, 0.5) is 0 Å². The highest BCUT2D eigenvalue weighted by atomic mass is 16.5. The molecule has 1 fully saturated rings. The second-order valence-corrected chi connectivity index (χ2v) is 7.43. The molecular formula is C23H25N3O3. The van der Waals surface area contributed by atoms with Crippen molar-refractivity contribution in [3.63, 3.8) is 0 Å². The fourth-order valence-corrected chi connectivity index (χ4v) is 3.73. The van der Waals surface area contributed by atoms with Crippen LogP contribution < -0.4 is 4.74 Å². The standard InChI is InChI=1S/C23H25N3O3/c1-28-20-10-8-19(9-11-20)23-24-21(25-29-23)15-18-13-14-26(16-18)22(27)12-7-17-5-3-2-4-6-17/h2-6,8-11,18H,7,12-16H2,1H3. The van der Waals surface area contributed by atoms with Crippen molar-refractivity contribution in [2.75, 3.05) is 20.2 Å². The maximum Gasteiger partial charge on any atom is 0.257 e. The first-order valence-corrected chi connectivity index (χ1v) is 10.00. The van der Waals surface area contributed by atoms with E-state index in [0.29, 0.717) is 24.1 Å². The summed E-state index contributed by atoms with van der Waals surface area (Å²) in [6, 6.07) is 17.7. The van der Waals surface area contributed by atoms with E-state index >= 15 is 0 Å². The number of carbonyl (C=O) groups is 1. The third-order valence-corrected chi connectivity index (χ3v) is 5.39. The molecule has 0 radical (unpaired) electrons. The highest BCUT2D eigenvalue weighted by Gasteiger charge is 2.27. The van der Waals surface area contributed by atoms with Crippen LogP contribution in [0.3, 0.4) is 0 Å². The van der Waals surface area contributed by atoms with Gasteiger partial charge in [0.25, 0.3) is 5.89 Å². The Balaban J connectivity index is 1.28. The van der Waals surface area contributed by atoms with Gasteiger partial charge in [0, 0.05) is 31.5 Å². The lowest BCUT2D eigenvalue weighted by Gasteiger charge is -2.16. The van der Waals surface area contributed by atoms with Crippen LogP contribution in [0, 0.1) is 5.92 Å². The minimum Gasteiger partial charge on any atom is -0.497 e. The number of ether oxygens (including phenoxy) is 1. The topological polar surface area (TPSA) is 68.5 Å². The Labute approximate surface area is 170 Å². The average Bonchev–Trinajstić information content (AvgIpc) is 3.43. The SMILES string of the molecule is COc1ccc(-c2nc(CC3CCN(C(=O)CCc4ccccc4)C3)no2)cc1. The van der Waals surface area contributed by atoms with E-state index in [1.54, 1.807) is 7.11 Å². The molecule has 6 nitrogen and oxygen atoms in total. The Morgan fingerprint density at radius 3 is 2.72 bits per heavy atom. The third-order valence-electron chi connectivity index (χ3n) is 5.39. The van der Waals surface area contributed by atoms with Gasteiger partial charge in [0.2, 0.25) is 5.91 Å². The molecule has 3 aromatic rings. The van der Waals surface area contributed by atoms with Gasteiger partial charge in [-0.25, -0.2) is 0 Å². The number of hydrogen-bond donors (Lipinski definition) is 0. The minimum absolute atomic E-state index is 0.225. The molecule has 6 heteroatoms. The molecule has 29 heavy (non-hydrogen) atoms. The van der Waals surface area contributed by atoms with Crippen molar-refractivity contribution in [1.29, 1.82) is 0 Å². The van der Waals surface area contributed by atoms with Gasteiger partial charge in [0.15, 0.2) is 5.82 Å². The van der Waals surface area contributed by atoms with Gasteiger partial charge in [-0.05, 0) is 48.6 Å². The van der Waals surface area contributed by atoms with Crippen LogP contribution in [0.15, 0.2) is 59.1 Å². The molecule has 1 aliphatic heterocycles. The van der Waals surface area contributed by atoms with Crippen LogP contribution in [0.25, 0.3) is 11.5 Å². The lowest BCUT2D eigenvalue weighted by Crippen LogP contribution is -2.29. The van der Waals surface area contributed by atoms with Crippen molar-refractivity contribution < 1.29 is 14.1 Å². The zero-order valence-electron chi connectivity index (χ0n) is 16.6. The summed E-state index contributed by atoms with van der Waals surface area (Å²) in [6.45, 7) is 1.57. The molecular weight excluding hydrogens is 366 g/mol. The van der Waals surface area contributed by atoms with Crippen LogP contribution in [-0.4, -0.2) is 41.1 Å². The number of benzene rings is 2. The molecule has 0 N–H and O–H groups in total. The van der Waals surface area contributed by atoms with E-state index in [4.69, 9.17) is 9.26 Å². The predicted octanol–water partition coefficient (Wildman–Crippen LogP) is 3.77. The molecule has 0 aliphatic carbocycles. The van der Waals surface area contributed by atoms with Crippen LogP contribution in [0.5, 0.6) is 5.75 Å². The normalized spacial score (nSPS) is 16.2. The van der Waals surface area contributed by atoms with Gasteiger partial charge in [-0.3, -0.25) is 4.79 Å². The smallest absolute Gasteiger partial charge is 0.257 e. The Morgan fingerprint density at radius 2 is 1.97 bits per heavy atom. The zero-order chi connectivity index (χ0) is 20.1. The summed E-state index contributed by atoms with van der Waals surface area (Å²) >= 11 is 0. The number of rotatable bonds is 7. The van der Waals surface area contributed by atoms with E-state index in [1.165, 1.54) is 5.56 Å². The van der Waals surface area contributed by atoms with Gasteiger partial charge < -0.3 is 14.2 Å². The van der Waals surface area contributed by atoms with Gasteiger partial charge in [0.05, 0.1) is 7.11 Å². The zero-order valence-corrected chi connectivity index (χ0v) is 16.6. The summed E-state index contributed by atoms with van der Waals surface area (Å²) in [5, 5.41) is 4.12. The van der Waals surface area contributed by atoms with E-state index < -0.39 is 0 Å². The van der Waals surface area contributed by atoms with Crippen molar-refractivity contribution in [2.24, 2.45) is 5.92 Å². The lowest BCUT2D eigenvalue weighted by atomic mass is 10.0. The van der Waals surface area contributed by atoms with E-state index in [-0.39, 0.29) is 5.91 Å². The van der Waals surface area contributed by atoms with Crippen LogP contribution in [-0.2, 0) is 17.6 Å². The van der Waals surface area contributed by atoms with E-state index in [2.05, 4.69) is 22.3 Å². The van der Waals surface area contributed by atoms with Crippen LogP contribution in [0.1, 0.15) is 24.2 Å². The number of hydrogen-bond acceptors (Lipinski definition) is 5. The number of aryl methyl sites for hydroxylation is 1. The van der Waals surface area contributed by atoms with Crippen molar-refractivity contribution in [3.05, 3.63) is 66.0 Å². The second-order valence-electron chi connectivity index (χ2n) is 7.43. The number of methoxy groups -OCH3 is 1. The van der Waals surface area contributed by atoms with Crippen molar-refractivity contribution >= 4 is 5.91 Å². The van der Waals surface area contributed by atoms with Gasteiger partial charge in [-0.2, -0.15) is 4.98 Å². The van der Waals surface area contributed by atoms with Crippen LogP contribution in [0.2, 0.25) is 0 Å². The maximum atomic E-state index is 12.5. The molecule has 1 saturated heterocycles. The predicted molar refractivity (Wildman–Crippen MR) is 109 cm³/mol. The first-order valence-electron chi connectivity index (χ1n) is 10.00. The van der Waals surface area contributed by atoms with E-state index in [1.807, 2.05) is 47.4 Å². The Bertz CT molecular complexity index is 938. The molecule has 1 aromatic heterocycles. The Kier molecular flexibility index (Phi) is 5.89. The Morgan fingerprint density at radius 1 is 1.17 bits per heavy atom. The van der Waals surface area contributed by atoms with Crippen molar-refractivity contribution in [1.82, 2.24) is 15.0 Å². The number of carbonyl (C=O) groups excluding carboxylic acids is 1. The van der Waals surface area contributed by atoms with E-state index in [0.717, 1.165) is 43.7 Å². The molecule has 1 aliphatic rings. The number of amides is 1. The number of aromatic nitrogens is 2. The minimum atomic E-state index is 0.225. The highest BCUT2D eigenvalue weighted by molar-refractivity contribution is 5.76. The Hall–Kier alpha value is -3.15. The van der Waals surface area contributed by atoms with Crippen LogP contribution >= 0.6 is 0 Å². The largest absolute Gasteiger partial charge is 0.497 e. The van der Waals surface area contributed by atoms with E-state index in [9.17, 15) is 4.79 Å². The van der Waals surface area contributed by atoms with Gasteiger partial charge in [0.1, 0.15) is 5.75 Å². The molecule has 1 amide bonds. The summed E-state index contributed by atoms with van der Waals surface area (Å²) in [7, 11) is 1.64. The molecule has 0 spiro atoms. The number of likely N-dealkylation sites (tertiary alicyclic amines) is 1. The lowest BCUT2D eigenvalue weighted by molar-refractivity contribution is -0.130. The molecule has 0 saturated carbocycles. The summed E-state index contributed by atoms with van der Waals surface area (Å²) in [6.07, 6.45) is 3.04. The molecule has 1 atom stereocenters. The quantitative estimate of drug-likeness (QED) is 0.613. The molecule has 150 valence electrons. The monoisotopic (exact) mass is 391 g/mol. The summed E-state index contributed by atoms with van der Waals surface area (Å²) in [5.41, 5.74) is 2.07. The van der Waals surface area contributed by atoms with Crippen molar-refractivity contribution in [2.45, 2.75) is 25.7 Å². The average molecular weight is 391 g/mol. The molecule has 1 unspecified atom stereocenters. The second kappa shape index (κ2) is 8.90. The molecule has 2 aromatic carbocycles. The third kappa shape index (κ3) is 4.83. The fraction of sp³-hybridized carbons (Fsp3) is 0.348. The van der Waals surface area contributed by atoms with Crippen molar-refractivity contribution in [3.8, 4) is 17.2 Å². The summed E-state index contributed by atoms with van der Waals surface area (Å²) in [4.78, 5) is 19.0. The summed E-state index contributed by atoms with van der Waals surface area (Å²) < 4.78 is 10.6. The summed E-state index contributed by atoms with van der Waals surface area (Å²) in [5.74, 6) is 2.59. The maximum absolute atomic E-state index is 12.5. The van der Waals surface area contributed by atoms with Gasteiger partial charge in [-0.15, -0.1) is 0 Å².